The molecule has 4 nitrogen and oxygen atoms in total. The smallest absolute Gasteiger partial charge is 0.251 e. The second-order valence-electron chi connectivity index (χ2n) is 7.77. The van der Waals surface area contributed by atoms with Crippen LogP contribution in [0.4, 0.5) is 0 Å². The van der Waals surface area contributed by atoms with E-state index in [1.165, 1.54) is 32.1 Å². The molecule has 3 N–H and O–H groups in total. The standard InChI is InChI=1S/C19H24N2O2/c20-17(22)10-11-1-3-14(4-2-11)19(23)21-18-15-6-12-5-13(8-15)9-16(18)7-12/h1-4,12-13,15-16,18H,5-10H2,(H2,20,22)(H,21,23). The number of rotatable bonds is 4. The van der Waals surface area contributed by atoms with Crippen LogP contribution in [0.2, 0.25) is 0 Å². The normalized spacial score (nSPS) is 34.3. The van der Waals surface area contributed by atoms with Gasteiger partial charge in [0, 0.05) is 11.6 Å². The van der Waals surface area contributed by atoms with Crippen molar-refractivity contribution in [1.29, 1.82) is 0 Å². The first-order valence-corrected chi connectivity index (χ1v) is 8.76. The Morgan fingerprint density at radius 1 is 0.957 bits per heavy atom. The van der Waals surface area contributed by atoms with E-state index < -0.39 is 0 Å². The van der Waals surface area contributed by atoms with Gasteiger partial charge in [0.1, 0.15) is 0 Å². The van der Waals surface area contributed by atoms with Gasteiger partial charge in [-0.2, -0.15) is 0 Å². The molecule has 4 aliphatic carbocycles. The largest absolute Gasteiger partial charge is 0.369 e. The van der Waals surface area contributed by atoms with Gasteiger partial charge in [0.2, 0.25) is 5.91 Å². The zero-order chi connectivity index (χ0) is 16.0. The van der Waals surface area contributed by atoms with Gasteiger partial charge in [0.25, 0.3) is 5.91 Å². The van der Waals surface area contributed by atoms with E-state index in [1.807, 2.05) is 12.1 Å². The third kappa shape index (κ3) is 2.87. The SMILES string of the molecule is NC(=O)Cc1ccc(C(=O)NC2C3CC4CC(C3)CC2C4)cc1. The Morgan fingerprint density at radius 3 is 2.04 bits per heavy atom. The quantitative estimate of drug-likeness (QED) is 0.895. The number of benzene rings is 1. The second-order valence-corrected chi connectivity index (χ2v) is 7.77. The Bertz CT molecular complexity index is 595. The average Bonchev–Trinajstić information content (AvgIpc) is 2.50. The summed E-state index contributed by atoms with van der Waals surface area (Å²) in [4.78, 5) is 23.5. The Hall–Kier alpha value is -1.84. The third-order valence-electron chi connectivity index (χ3n) is 6.12. The number of amides is 2. The van der Waals surface area contributed by atoms with Gasteiger partial charge >= 0.3 is 0 Å². The van der Waals surface area contributed by atoms with Crippen LogP contribution in [0.25, 0.3) is 0 Å². The molecule has 5 rings (SSSR count). The van der Waals surface area contributed by atoms with Gasteiger partial charge < -0.3 is 11.1 Å². The monoisotopic (exact) mass is 312 g/mol. The van der Waals surface area contributed by atoms with Crippen molar-refractivity contribution in [2.45, 2.75) is 44.6 Å². The second kappa shape index (κ2) is 5.66. The van der Waals surface area contributed by atoms with E-state index in [0.29, 0.717) is 23.4 Å². The molecular weight excluding hydrogens is 288 g/mol. The van der Waals surface area contributed by atoms with Crippen LogP contribution in [0.1, 0.15) is 48.0 Å². The van der Waals surface area contributed by atoms with Crippen molar-refractivity contribution in [3.05, 3.63) is 35.4 Å². The number of hydrogen-bond donors (Lipinski definition) is 2. The fourth-order valence-electron chi connectivity index (χ4n) is 5.37. The summed E-state index contributed by atoms with van der Waals surface area (Å²) in [6.45, 7) is 0. The van der Waals surface area contributed by atoms with Crippen molar-refractivity contribution in [1.82, 2.24) is 5.32 Å². The minimum atomic E-state index is -0.351. The summed E-state index contributed by atoms with van der Waals surface area (Å²) in [5.74, 6) is 2.87. The highest BCUT2D eigenvalue weighted by Gasteiger charge is 2.48. The number of carbonyl (C=O) groups excluding carboxylic acids is 2. The van der Waals surface area contributed by atoms with E-state index >= 15 is 0 Å². The Morgan fingerprint density at radius 2 is 1.52 bits per heavy atom. The molecule has 1 aromatic rings. The summed E-state index contributed by atoms with van der Waals surface area (Å²) in [6, 6.07) is 7.58. The van der Waals surface area contributed by atoms with E-state index in [9.17, 15) is 9.59 Å². The maximum absolute atomic E-state index is 12.6. The van der Waals surface area contributed by atoms with Gasteiger partial charge in [-0.05, 0) is 73.5 Å². The molecule has 0 aromatic heterocycles. The van der Waals surface area contributed by atoms with Crippen LogP contribution in [0.15, 0.2) is 24.3 Å². The molecule has 0 atom stereocenters. The van der Waals surface area contributed by atoms with E-state index in [0.717, 1.165) is 17.4 Å². The summed E-state index contributed by atoms with van der Waals surface area (Å²) in [5.41, 5.74) is 6.72. The molecule has 0 unspecified atom stereocenters. The molecule has 0 spiro atoms. The summed E-state index contributed by atoms with van der Waals surface area (Å²) >= 11 is 0. The summed E-state index contributed by atoms with van der Waals surface area (Å²) in [5, 5.41) is 3.31. The van der Waals surface area contributed by atoms with Crippen LogP contribution in [-0.4, -0.2) is 17.9 Å². The summed E-state index contributed by atoms with van der Waals surface area (Å²) < 4.78 is 0. The zero-order valence-electron chi connectivity index (χ0n) is 13.3. The summed E-state index contributed by atoms with van der Waals surface area (Å²) in [6.07, 6.45) is 6.85. The van der Waals surface area contributed by atoms with Crippen LogP contribution in [-0.2, 0) is 11.2 Å². The molecule has 2 amide bonds. The third-order valence-corrected chi connectivity index (χ3v) is 6.12. The molecule has 4 saturated carbocycles. The number of nitrogens with two attached hydrogens (primary N) is 1. The highest BCUT2D eigenvalue weighted by atomic mass is 16.2. The number of primary amides is 1. The topological polar surface area (TPSA) is 72.2 Å². The van der Waals surface area contributed by atoms with Gasteiger partial charge in [-0.25, -0.2) is 0 Å². The van der Waals surface area contributed by atoms with Crippen molar-refractivity contribution in [2.24, 2.45) is 29.4 Å². The number of hydrogen-bond acceptors (Lipinski definition) is 2. The lowest BCUT2D eigenvalue weighted by Crippen LogP contribution is -2.55. The summed E-state index contributed by atoms with van der Waals surface area (Å²) in [7, 11) is 0. The van der Waals surface area contributed by atoms with Crippen LogP contribution < -0.4 is 11.1 Å². The van der Waals surface area contributed by atoms with Gasteiger partial charge in [-0.3, -0.25) is 9.59 Å². The highest BCUT2D eigenvalue weighted by Crippen LogP contribution is 2.53. The number of nitrogens with one attached hydrogen (secondary N) is 1. The Labute approximate surface area is 136 Å². The number of carbonyl (C=O) groups is 2. The minimum Gasteiger partial charge on any atom is -0.369 e. The van der Waals surface area contributed by atoms with Gasteiger partial charge in [-0.15, -0.1) is 0 Å². The van der Waals surface area contributed by atoms with E-state index in [1.54, 1.807) is 12.1 Å². The van der Waals surface area contributed by atoms with Crippen molar-refractivity contribution >= 4 is 11.8 Å². The molecular formula is C19H24N2O2. The predicted molar refractivity (Wildman–Crippen MR) is 87.6 cm³/mol. The first kappa shape index (κ1) is 14.7. The van der Waals surface area contributed by atoms with Crippen molar-refractivity contribution in [2.75, 3.05) is 0 Å². The lowest BCUT2D eigenvalue weighted by molar-refractivity contribution is -0.117. The maximum atomic E-state index is 12.6. The molecule has 0 saturated heterocycles. The molecule has 23 heavy (non-hydrogen) atoms. The molecule has 0 aliphatic heterocycles. The Balaban J connectivity index is 1.43. The van der Waals surface area contributed by atoms with Crippen LogP contribution in [0, 0.1) is 23.7 Å². The van der Waals surface area contributed by atoms with E-state index in [-0.39, 0.29) is 18.2 Å². The van der Waals surface area contributed by atoms with Gasteiger partial charge in [0.05, 0.1) is 6.42 Å². The molecule has 1 aromatic carbocycles. The fourth-order valence-corrected chi connectivity index (χ4v) is 5.37. The molecule has 122 valence electrons. The molecule has 4 fully saturated rings. The van der Waals surface area contributed by atoms with Crippen molar-refractivity contribution < 1.29 is 9.59 Å². The first-order valence-electron chi connectivity index (χ1n) is 8.76. The Kier molecular flexibility index (Phi) is 3.63. The molecule has 0 radical (unpaired) electrons. The first-order chi connectivity index (χ1) is 11.1. The molecule has 4 heteroatoms. The van der Waals surface area contributed by atoms with Gasteiger partial charge in [-0.1, -0.05) is 12.1 Å². The van der Waals surface area contributed by atoms with Crippen LogP contribution in [0.3, 0.4) is 0 Å². The average molecular weight is 312 g/mol. The lowest BCUT2D eigenvalue weighted by atomic mass is 9.54. The highest BCUT2D eigenvalue weighted by molar-refractivity contribution is 5.94. The predicted octanol–water partition coefficient (Wildman–Crippen LogP) is 2.27. The maximum Gasteiger partial charge on any atom is 0.251 e. The molecule has 4 aliphatic rings. The molecule has 4 bridgehead atoms. The van der Waals surface area contributed by atoms with E-state index in [4.69, 9.17) is 5.73 Å². The lowest BCUT2D eigenvalue weighted by Gasteiger charge is -2.54. The molecule has 0 heterocycles. The zero-order valence-corrected chi connectivity index (χ0v) is 13.3. The minimum absolute atomic E-state index is 0.0214. The van der Waals surface area contributed by atoms with Gasteiger partial charge in [0.15, 0.2) is 0 Å². The van der Waals surface area contributed by atoms with Crippen molar-refractivity contribution in [3.8, 4) is 0 Å². The van der Waals surface area contributed by atoms with E-state index in [2.05, 4.69) is 5.32 Å². The fraction of sp³-hybridized carbons (Fsp3) is 0.579. The van der Waals surface area contributed by atoms with Crippen LogP contribution >= 0.6 is 0 Å². The van der Waals surface area contributed by atoms with Crippen LogP contribution in [0.5, 0.6) is 0 Å². The van der Waals surface area contributed by atoms with Crippen molar-refractivity contribution in [3.63, 3.8) is 0 Å².